The molecule has 0 bridgehead atoms. The molecular formula is C52H36BN3O. The Bertz CT molecular complexity index is 2810. The summed E-state index contributed by atoms with van der Waals surface area (Å²) in [5, 5.41) is 2.33. The van der Waals surface area contributed by atoms with Crippen LogP contribution in [0.4, 0.5) is 51.2 Å². The monoisotopic (exact) mass is 729 g/mol. The van der Waals surface area contributed by atoms with Gasteiger partial charge in [0.1, 0.15) is 11.5 Å². The predicted molar refractivity (Wildman–Crippen MR) is 239 cm³/mol. The molecule has 0 saturated heterocycles. The van der Waals surface area contributed by atoms with Crippen LogP contribution < -0.4 is 35.8 Å². The summed E-state index contributed by atoms with van der Waals surface area (Å²) >= 11 is 0. The quantitative estimate of drug-likeness (QED) is 0.152. The van der Waals surface area contributed by atoms with E-state index in [9.17, 15) is 0 Å². The van der Waals surface area contributed by atoms with E-state index in [0.717, 1.165) is 68.1 Å². The lowest BCUT2D eigenvalue weighted by Crippen LogP contribution is -2.59. The minimum Gasteiger partial charge on any atom is -0.458 e. The minimum absolute atomic E-state index is 0.107. The van der Waals surface area contributed by atoms with Gasteiger partial charge in [0.2, 0.25) is 0 Å². The summed E-state index contributed by atoms with van der Waals surface area (Å²) < 4.78 is 7.15. The van der Waals surface area contributed by atoms with Gasteiger partial charge < -0.3 is 19.4 Å². The zero-order valence-corrected chi connectivity index (χ0v) is 31.1. The highest BCUT2D eigenvalue weighted by Gasteiger charge is 2.43. The van der Waals surface area contributed by atoms with Gasteiger partial charge in [-0.1, -0.05) is 121 Å². The first-order valence-corrected chi connectivity index (χ1v) is 19.5. The average molecular weight is 730 g/mol. The van der Waals surface area contributed by atoms with Crippen molar-refractivity contribution in [1.82, 2.24) is 0 Å². The maximum absolute atomic E-state index is 7.15. The molecule has 0 atom stereocenters. The molecule has 9 aromatic carbocycles. The highest BCUT2D eigenvalue weighted by Crippen LogP contribution is 2.46. The van der Waals surface area contributed by atoms with Gasteiger partial charge in [-0.2, -0.15) is 0 Å². The first kappa shape index (κ1) is 32.9. The van der Waals surface area contributed by atoms with E-state index in [1.807, 2.05) is 0 Å². The fourth-order valence-electron chi connectivity index (χ4n) is 8.88. The molecule has 57 heavy (non-hydrogen) atoms. The van der Waals surface area contributed by atoms with Gasteiger partial charge in [0.15, 0.2) is 0 Å². The van der Waals surface area contributed by atoms with E-state index in [-0.39, 0.29) is 6.71 Å². The molecule has 9 aromatic rings. The van der Waals surface area contributed by atoms with Crippen molar-refractivity contribution in [2.45, 2.75) is 0 Å². The Balaban J connectivity index is 1.19. The zero-order valence-electron chi connectivity index (χ0n) is 31.1. The molecule has 0 aromatic heterocycles. The third kappa shape index (κ3) is 5.47. The molecule has 4 nitrogen and oxygen atoms in total. The molecular weight excluding hydrogens is 693 g/mol. The Hall–Kier alpha value is -7.50. The summed E-state index contributed by atoms with van der Waals surface area (Å²) in [6, 6.07) is 77.8. The van der Waals surface area contributed by atoms with Crippen LogP contribution >= 0.6 is 0 Å². The molecule has 2 aliphatic rings. The number of fused-ring (bicyclic) bond motifs is 6. The second kappa shape index (κ2) is 13.7. The van der Waals surface area contributed by atoms with Crippen LogP contribution in [0, 0.1) is 0 Å². The van der Waals surface area contributed by atoms with E-state index in [2.05, 4.69) is 233 Å². The van der Waals surface area contributed by atoms with Gasteiger partial charge in [-0.3, -0.25) is 0 Å². The summed E-state index contributed by atoms with van der Waals surface area (Å²) in [6.07, 6.45) is 0. The molecule has 0 amide bonds. The molecule has 0 saturated carbocycles. The summed E-state index contributed by atoms with van der Waals surface area (Å²) in [7, 11) is 0. The van der Waals surface area contributed by atoms with Gasteiger partial charge in [0.25, 0.3) is 6.71 Å². The summed E-state index contributed by atoms with van der Waals surface area (Å²) in [4.78, 5) is 7.11. The zero-order chi connectivity index (χ0) is 37.7. The minimum atomic E-state index is -0.107. The van der Waals surface area contributed by atoms with Crippen molar-refractivity contribution in [2.75, 3.05) is 14.7 Å². The van der Waals surface area contributed by atoms with E-state index < -0.39 is 0 Å². The van der Waals surface area contributed by atoms with Crippen LogP contribution in [0.2, 0.25) is 0 Å². The standard InChI is InChI=1S/C52H36BN3O/c1-6-19-37(20-7-1)54(38-21-8-2-9-22-38)42-33-34-46-45(35-42)53-51-44-30-17-16-29-43(44)48(55(39-23-10-3-11-24-39)40-25-12-4-13-26-40)36-50(51)57-49-32-18-31-47(52(49)53)56(46)41-27-14-5-15-28-41/h1-36H. The van der Waals surface area contributed by atoms with Gasteiger partial charge >= 0.3 is 0 Å². The van der Waals surface area contributed by atoms with E-state index in [0.29, 0.717) is 0 Å². The molecule has 2 heterocycles. The van der Waals surface area contributed by atoms with Crippen LogP contribution in [0.3, 0.4) is 0 Å². The van der Waals surface area contributed by atoms with Crippen LogP contribution in [0.1, 0.15) is 0 Å². The summed E-state index contributed by atoms with van der Waals surface area (Å²) in [5.74, 6) is 1.74. The number of benzene rings is 9. The van der Waals surface area contributed by atoms with E-state index >= 15 is 0 Å². The summed E-state index contributed by atoms with van der Waals surface area (Å²) in [6.45, 7) is -0.107. The number of hydrogen-bond acceptors (Lipinski definition) is 4. The number of para-hydroxylation sites is 5. The molecule has 2 aliphatic heterocycles. The van der Waals surface area contributed by atoms with Crippen molar-refractivity contribution in [3.63, 3.8) is 0 Å². The normalized spacial score (nSPS) is 12.3. The molecule has 0 spiro atoms. The SMILES string of the molecule is c1ccc(N(c2ccccc2)c2ccc3c(c2)B2c4c(cccc4N3c3ccccc3)Oc3cc(N(c4ccccc4)c4ccccc4)c4ccccc4c32)cc1. The molecule has 0 unspecified atom stereocenters. The van der Waals surface area contributed by atoms with E-state index in [1.54, 1.807) is 0 Å². The van der Waals surface area contributed by atoms with Crippen LogP contribution in [-0.2, 0) is 0 Å². The molecule has 0 radical (unpaired) electrons. The fraction of sp³-hybridized carbons (Fsp3) is 0. The van der Waals surface area contributed by atoms with Crippen molar-refractivity contribution in [2.24, 2.45) is 0 Å². The van der Waals surface area contributed by atoms with Crippen molar-refractivity contribution >= 4 is 85.1 Å². The highest BCUT2D eigenvalue weighted by atomic mass is 16.5. The number of rotatable bonds is 7. The van der Waals surface area contributed by atoms with Crippen LogP contribution in [0.15, 0.2) is 218 Å². The van der Waals surface area contributed by atoms with Gasteiger partial charge in [-0.05, 0) is 113 Å². The Morgan fingerprint density at radius 2 is 0.895 bits per heavy atom. The lowest BCUT2D eigenvalue weighted by atomic mass is 9.33. The first-order valence-electron chi connectivity index (χ1n) is 19.5. The predicted octanol–water partition coefficient (Wildman–Crippen LogP) is 12.2. The van der Waals surface area contributed by atoms with Crippen LogP contribution in [0.25, 0.3) is 10.8 Å². The van der Waals surface area contributed by atoms with Gasteiger partial charge in [-0.15, -0.1) is 0 Å². The Kier molecular flexibility index (Phi) is 7.89. The maximum Gasteiger partial charge on any atom is 0.257 e. The van der Waals surface area contributed by atoms with Crippen molar-refractivity contribution in [1.29, 1.82) is 0 Å². The van der Waals surface area contributed by atoms with Gasteiger partial charge in [0, 0.05) is 57.0 Å². The highest BCUT2D eigenvalue weighted by molar-refractivity contribution is 7.00. The lowest BCUT2D eigenvalue weighted by Gasteiger charge is -2.41. The third-order valence-corrected chi connectivity index (χ3v) is 11.2. The van der Waals surface area contributed by atoms with E-state index in [4.69, 9.17) is 4.74 Å². The molecule has 5 heteroatoms. The number of nitrogens with zero attached hydrogens (tertiary/aromatic N) is 3. The molecule has 268 valence electrons. The third-order valence-electron chi connectivity index (χ3n) is 11.2. The molecule has 0 N–H and O–H groups in total. The molecule has 0 aliphatic carbocycles. The van der Waals surface area contributed by atoms with Crippen molar-refractivity contribution < 1.29 is 4.74 Å². The van der Waals surface area contributed by atoms with Crippen molar-refractivity contribution in [3.8, 4) is 11.5 Å². The molecule has 11 rings (SSSR count). The van der Waals surface area contributed by atoms with E-state index in [1.165, 1.54) is 21.8 Å². The summed E-state index contributed by atoms with van der Waals surface area (Å²) in [5.41, 5.74) is 13.5. The lowest BCUT2D eigenvalue weighted by molar-refractivity contribution is 0.488. The Morgan fingerprint density at radius 1 is 0.368 bits per heavy atom. The average Bonchev–Trinajstić information content (AvgIpc) is 3.28. The van der Waals surface area contributed by atoms with Gasteiger partial charge in [-0.25, -0.2) is 0 Å². The fourth-order valence-corrected chi connectivity index (χ4v) is 8.88. The largest absolute Gasteiger partial charge is 0.458 e. The van der Waals surface area contributed by atoms with Gasteiger partial charge in [0.05, 0.1) is 5.69 Å². The van der Waals surface area contributed by atoms with Crippen LogP contribution in [0.5, 0.6) is 11.5 Å². The second-order valence-corrected chi connectivity index (χ2v) is 14.5. The Labute approximate surface area is 333 Å². The first-order chi connectivity index (χ1) is 28.3. The number of hydrogen-bond donors (Lipinski definition) is 0. The van der Waals surface area contributed by atoms with Crippen molar-refractivity contribution in [3.05, 3.63) is 218 Å². The molecule has 0 fully saturated rings. The smallest absolute Gasteiger partial charge is 0.257 e. The Morgan fingerprint density at radius 3 is 1.49 bits per heavy atom. The second-order valence-electron chi connectivity index (χ2n) is 14.5. The number of ether oxygens (including phenoxy) is 1. The van der Waals surface area contributed by atoms with Crippen LogP contribution in [-0.4, -0.2) is 6.71 Å². The number of anilines is 9. The maximum atomic E-state index is 7.15. The topological polar surface area (TPSA) is 19.0 Å².